The molecule has 1 aliphatic heterocycles. The van der Waals surface area contributed by atoms with Gasteiger partial charge in [0, 0.05) is 44.4 Å². The molecule has 0 bridgehead atoms. The second-order valence-corrected chi connectivity index (χ2v) is 4.94. The minimum Gasteiger partial charge on any atom is -0.366 e. The molecule has 0 saturated heterocycles. The molecule has 0 amide bonds. The van der Waals surface area contributed by atoms with E-state index in [0.29, 0.717) is 0 Å². The summed E-state index contributed by atoms with van der Waals surface area (Å²) < 4.78 is 2.29. The Labute approximate surface area is 118 Å². The standard InChI is InChI=1S/C14H16N4S/c1-15-14(19)18-10-9-17-8-2-3-12(17)13(18)11-4-6-16-7-5-11/h2-8,13H,9-10H2,1H3,(H,15,19)/t13-/m0/s1. The summed E-state index contributed by atoms with van der Waals surface area (Å²) in [5.41, 5.74) is 2.49. The van der Waals surface area contributed by atoms with Crippen molar-refractivity contribution in [3.8, 4) is 0 Å². The van der Waals surface area contributed by atoms with Crippen LogP contribution in [0.1, 0.15) is 17.3 Å². The van der Waals surface area contributed by atoms with Crippen LogP contribution >= 0.6 is 12.2 Å². The van der Waals surface area contributed by atoms with Gasteiger partial charge in [-0.25, -0.2) is 0 Å². The summed E-state index contributed by atoms with van der Waals surface area (Å²) in [7, 11) is 1.87. The zero-order chi connectivity index (χ0) is 13.2. The molecule has 4 nitrogen and oxygen atoms in total. The molecule has 0 unspecified atom stereocenters. The van der Waals surface area contributed by atoms with E-state index in [-0.39, 0.29) is 6.04 Å². The van der Waals surface area contributed by atoms with Gasteiger partial charge in [0.05, 0.1) is 6.04 Å². The summed E-state index contributed by atoms with van der Waals surface area (Å²) in [6.45, 7) is 1.88. The van der Waals surface area contributed by atoms with Crippen molar-refractivity contribution < 1.29 is 0 Å². The van der Waals surface area contributed by atoms with E-state index in [9.17, 15) is 0 Å². The van der Waals surface area contributed by atoms with Crippen molar-refractivity contribution in [3.63, 3.8) is 0 Å². The van der Waals surface area contributed by atoms with Crippen molar-refractivity contribution in [1.29, 1.82) is 0 Å². The van der Waals surface area contributed by atoms with E-state index in [0.717, 1.165) is 18.2 Å². The van der Waals surface area contributed by atoms with Crippen LogP contribution in [0.15, 0.2) is 42.9 Å². The zero-order valence-corrected chi connectivity index (χ0v) is 11.6. The number of nitrogens with zero attached hydrogens (tertiary/aromatic N) is 3. The minimum absolute atomic E-state index is 0.159. The van der Waals surface area contributed by atoms with Gasteiger partial charge in [-0.3, -0.25) is 4.98 Å². The van der Waals surface area contributed by atoms with Crippen molar-refractivity contribution >= 4 is 17.3 Å². The van der Waals surface area contributed by atoms with E-state index in [1.807, 2.05) is 19.4 Å². The van der Waals surface area contributed by atoms with Crippen LogP contribution in [0.2, 0.25) is 0 Å². The third kappa shape index (κ3) is 2.10. The number of pyridine rings is 1. The maximum Gasteiger partial charge on any atom is 0.169 e. The Balaban J connectivity index is 2.07. The number of hydrogen-bond acceptors (Lipinski definition) is 2. The van der Waals surface area contributed by atoms with Crippen molar-refractivity contribution in [2.75, 3.05) is 13.6 Å². The first-order valence-corrected chi connectivity index (χ1v) is 6.75. The molecule has 1 atom stereocenters. The Hall–Kier alpha value is -1.88. The molecule has 0 saturated carbocycles. The molecule has 2 aromatic heterocycles. The number of thiocarbonyl (C=S) groups is 1. The molecule has 1 N–H and O–H groups in total. The molecular weight excluding hydrogens is 256 g/mol. The van der Waals surface area contributed by atoms with Gasteiger partial charge in [-0.1, -0.05) is 0 Å². The highest BCUT2D eigenvalue weighted by Gasteiger charge is 2.29. The summed E-state index contributed by atoms with van der Waals surface area (Å²) in [5, 5.41) is 3.88. The quantitative estimate of drug-likeness (QED) is 0.803. The molecule has 0 spiro atoms. The monoisotopic (exact) mass is 272 g/mol. The molecule has 19 heavy (non-hydrogen) atoms. The predicted octanol–water partition coefficient (Wildman–Crippen LogP) is 1.79. The number of rotatable bonds is 1. The number of hydrogen-bond donors (Lipinski definition) is 1. The average Bonchev–Trinajstić information content (AvgIpc) is 2.94. The molecule has 5 heteroatoms. The molecule has 3 rings (SSSR count). The molecule has 1 aliphatic rings. The van der Waals surface area contributed by atoms with Gasteiger partial charge in [0.1, 0.15) is 0 Å². The lowest BCUT2D eigenvalue weighted by Crippen LogP contribution is -2.46. The van der Waals surface area contributed by atoms with Gasteiger partial charge >= 0.3 is 0 Å². The van der Waals surface area contributed by atoms with Crippen LogP contribution in [-0.4, -0.2) is 33.2 Å². The smallest absolute Gasteiger partial charge is 0.169 e. The Morgan fingerprint density at radius 1 is 1.32 bits per heavy atom. The molecule has 0 aliphatic carbocycles. The van der Waals surface area contributed by atoms with Crippen molar-refractivity contribution in [2.45, 2.75) is 12.6 Å². The molecule has 0 aromatic carbocycles. The topological polar surface area (TPSA) is 33.1 Å². The third-order valence-corrected chi connectivity index (χ3v) is 3.97. The second kappa shape index (κ2) is 5.01. The highest BCUT2D eigenvalue weighted by molar-refractivity contribution is 7.80. The summed E-state index contributed by atoms with van der Waals surface area (Å²) in [6, 6.07) is 8.52. The van der Waals surface area contributed by atoms with Crippen LogP contribution in [0.3, 0.4) is 0 Å². The van der Waals surface area contributed by atoms with E-state index in [2.05, 4.69) is 50.2 Å². The molecular formula is C14H16N4S. The van der Waals surface area contributed by atoms with Crippen molar-refractivity contribution in [3.05, 3.63) is 54.1 Å². The number of fused-ring (bicyclic) bond motifs is 1. The second-order valence-electron chi connectivity index (χ2n) is 4.56. The Bertz CT molecular complexity index is 578. The minimum atomic E-state index is 0.159. The fraction of sp³-hybridized carbons (Fsp3) is 0.286. The Kier molecular flexibility index (Phi) is 3.21. The highest BCUT2D eigenvalue weighted by atomic mass is 32.1. The average molecular weight is 272 g/mol. The fourth-order valence-electron chi connectivity index (χ4n) is 2.64. The van der Waals surface area contributed by atoms with Crippen molar-refractivity contribution in [1.82, 2.24) is 19.8 Å². The van der Waals surface area contributed by atoms with Crippen molar-refractivity contribution in [2.24, 2.45) is 0 Å². The Morgan fingerprint density at radius 2 is 2.11 bits per heavy atom. The molecule has 98 valence electrons. The molecule has 0 fully saturated rings. The van der Waals surface area contributed by atoms with Crippen LogP contribution in [0.4, 0.5) is 0 Å². The first-order chi connectivity index (χ1) is 9.31. The van der Waals surface area contributed by atoms with Gasteiger partial charge < -0.3 is 14.8 Å². The summed E-state index contributed by atoms with van der Waals surface area (Å²) in [5.74, 6) is 0. The van der Waals surface area contributed by atoms with Gasteiger partial charge in [0.25, 0.3) is 0 Å². The normalized spacial score (nSPS) is 17.9. The van der Waals surface area contributed by atoms with Gasteiger partial charge in [-0.15, -0.1) is 0 Å². The van der Waals surface area contributed by atoms with E-state index >= 15 is 0 Å². The SMILES string of the molecule is CNC(=S)N1CCn2cccc2[C@@H]1c1ccncc1. The van der Waals surface area contributed by atoms with E-state index < -0.39 is 0 Å². The van der Waals surface area contributed by atoms with Gasteiger partial charge in [0.2, 0.25) is 0 Å². The Morgan fingerprint density at radius 3 is 2.84 bits per heavy atom. The van der Waals surface area contributed by atoms with E-state index in [1.54, 1.807) is 0 Å². The summed E-state index contributed by atoms with van der Waals surface area (Å²) >= 11 is 5.45. The fourth-order valence-corrected chi connectivity index (χ4v) is 2.84. The predicted molar refractivity (Wildman–Crippen MR) is 78.9 cm³/mol. The molecule has 3 heterocycles. The highest BCUT2D eigenvalue weighted by Crippen LogP contribution is 2.31. The zero-order valence-electron chi connectivity index (χ0n) is 10.8. The first kappa shape index (κ1) is 12.2. The maximum absolute atomic E-state index is 5.45. The summed E-state index contributed by atoms with van der Waals surface area (Å²) in [4.78, 5) is 6.34. The largest absolute Gasteiger partial charge is 0.366 e. The lowest BCUT2D eigenvalue weighted by atomic mass is 10.0. The molecule has 0 radical (unpaired) electrons. The van der Waals surface area contributed by atoms with Gasteiger partial charge in [-0.05, 0) is 42.0 Å². The van der Waals surface area contributed by atoms with E-state index in [4.69, 9.17) is 12.2 Å². The lowest BCUT2D eigenvalue weighted by Gasteiger charge is -2.38. The lowest BCUT2D eigenvalue weighted by molar-refractivity contribution is 0.287. The number of aromatic nitrogens is 2. The first-order valence-electron chi connectivity index (χ1n) is 6.34. The van der Waals surface area contributed by atoms with Crippen LogP contribution in [0.5, 0.6) is 0 Å². The van der Waals surface area contributed by atoms with Crippen LogP contribution in [0, 0.1) is 0 Å². The maximum atomic E-state index is 5.45. The summed E-state index contributed by atoms with van der Waals surface area (Å²) in [6.07, 6.45) is 5.79. The van der Waals surface area contributed by atoms with E-state index in [1.165, 1.54) is 11.3 Å². The van der Waals surface area contributed by atoms with Crippen LogP contribution in [0.25, 0.3) is 0 Å². The third-order valence-electron chi connectivity index (χ3n) is 3.53. The van der Waals surface area contributed by atoms with Crippen LogP contribution in [-0.2, 0) is 6.54 Å². The van der Waals surface area contributed by atoms with Gasteiger partial charge in [0.15, 0.2) is 5.11 Å². The van der Waals surface area contributed by atoms with Gasteiger partial charge in [-0.2, -0.15) is 0 Å². The molecule has 2 aromatic rings. The van der Waals surface area contributed by atoms with Crippen LogP contribution < -0.4 is 5.32 Å². The number of nitrogens with one attached hydrogen (secondary N) is 1.